The largest absolute Gasteiger partial charge is 4.00 e. The van der Waals surface area contributed by atoms with Crippen LogP contribution in [0.15, 0.2) is 127 Å². The third-order valence-corrected chi connectivity index (χ3v) is 5.65. The summed E-state index contributed by atoms with van der Waals surface area (Å²) >= 11 is 0. The van der Waals surface area contributed by atoms with Gasteiger partial charge in [-0.15, -0.1) is 35.3 Å². The molecule has 0 aliphatic carbocycles. The molecule has 0 aliphatic heterocycles. The molecule has 0 spiro atoms. The second-order valence-corrected chi connectivity index (χ2v) is 8.29. The first-order chi connectivity index (χ1) is 14.7. The van der Waals surface area contributed by atoms with Crippen LogP contribution in [0.4, 0.5) is 5.69 Å². The van der Waals surface area contributed by atoms with Gasteiger partial charge in [0, 0.05) is 0 Å². The molecule has 0 heterocycles. The molecule has 0 fully saturated rings. The predicted molar refractivity (Wildman–Crippen MR) is 133 cm³/mol. The number of hydrogen-bond acceptors (Lipinski definition) is 0. The number of benzene rings is 4. The van der Waals surface area contributed by atoms with Crippen LogP contribution in [0.25, 0.3) is 16.5 Å². The van der Waals surface area contributed by atoms with E-state index in [0.29, 0.717) is 5.69 Å². The molecule has 1 N–H and O–H groups in total. The zero-order valence-corrected chi connectivity index (χ0v) is 24.5. The summed E-state index contributed by atoms with van der Waals surface area (Å²) < 4.78 is 0. The predicted octanol–water partition coefficient (Wildman–Crippen LogP) is 0.585. The number of rotatable bonds is 2. The van der Waals surface area contributed by atoms with E-state index in [4.69, 9.17) is 5.73 Å². The van der Waals surface area contributed by atoms with Crippen LogP contribution in [0.1, 0.15) is 5.56 Å². The van der Waals surface area contributed by atoms with Crippen molar-refractivity contribution in [1.29, 1.82) is 0 Å². The van der Waals surface area contributed by atoms with Crippen molar-refractivity contribution in [3.63, 3.8) is 0 Å². The second kappa shape index (κ2) is 17.4. The minimum absolute atomic E-state index is 0. The SMILES string of the molecule is Cc1cccc([NH-])c1.[Cl-].[Cl-].[Hf+4].c1ccc([Si]c2ccccc2)cc1.c1ccc2[cH-]ccc2c1. The van der Waals surface area contributed by atoms with E-state index in [0.717, 1.165) is 15.1 Å². The molecular formula is C28H25Cl2HfNSi. The molecule has 0 saturated carbocycles. The van der Waals surface area contributed by atoms with Crippen LogP contribution in [0, 0.1) is 6.92 Å². The fourth-order valence-corrected chi connectivity index (χ4v) is 3.98. The Hall–Kier alpha value is -2.04. The van der Waals surface area contributed by atoms with Crippen molar-refractivity contribution in [1.82, 2.24) is 0 Å². The molecule has 0 atom stereocenters. The molecule has 0 aliphatic rings. The molecule has 5 aromatic carbocycles. The van der Waals surface area contributed by atoms with Crippen LogP contribution >= 0.6 is 0 Å². The van der Waals surface area contributed by atoms with Crippen molar-refractivity contribution in [2.45, 2.75) is 6.92 Å². The molecular weight excluding hydrogens is 628 g/mol. The summed E-state index contributed by atoms with van der Waals surface area (Å²) in [6.45, 7) is 1.98. The summed E-state index contributed by atoms with van der Waals surface area (Å²) in [5.74, 6) is 0. The molecule has 1 nitrogen and oxygen atoms in total. The minimum Gasteiger partial charge on any atom is -1.00 e. The van der Waals surface area contributed by atoms with Crippen LogP contribution in [-0.4, -0.2) is 9.52 Å². The van der Waals surface area contributed by atoms with E-state index in [9.17, 15) is 0 Å². The summed E-state index contributed by atoms with van der Waals surface area (Å²) in [5, 5.41) is 5.46. The van der Waals surface area contributed by atoms with Crippen LogP contribution in [0.3, 0.4) is 0 Å². The van der Waals surface area contributed by atoms with Crippen molar-refractivity contribution in [2.24, 2.45) is 0 Å². The standard InChI is InChI=1S/C12H10Si.C9H7.C7H8N.2ClH.Hf/c1-3-7-11(8-4-1)13-12-9-5-2-6-10-12;1-2-5-9-7-3-6-8(9)4-1;1-6-3-2-4-7(8)5-6;;;/h1-10H;1-7H;2-5,8H,1H3;2*1H;/q;2*-1;;;+4/p-2. The number of hydrogen-bond donors (Lipinski definition) is 0. The Morgan fingerprint density at radius 3 is 1.67 bits per heavy atom. The van der Waals surface area contributed by atoms with Gasteiger partial charge in [0.1, 0.15) is 9.52 Å². The molecule has 0 aromatic heterocycles. The van der Waals surface area contributed by atoms with E-state index < -0.39 is 0 Å². The van der Waals surface area contributed by atoms with Gasteiger partial charge in [0.15, 0.2) is 0 Å². The van der Waals surface area contributed by atoms with Gasteiger partial charge in [-0.05, 0) is 6.92 Å². The number of fused-ring (bicyclic) bond motifs is 1. The van der Waals surface area contributed by atoms with Crippen molar-refractivity contribution in [2.75, 3.05) is 0 Å². The topological polar surface area (TPSA) is 23.8 Å². The van der Waals surface area contributed by atoms with Gasteiger partial charge in [-0.3, -0.25) is 0 Å². The fourth-order valence-electron chi connectivity index (χ4n) is 2.92. The van der Waals surface area contributed by atoms with Crippen molar-refractivity contribution in [3.8, 4) is 0 Å². The van der Waals surface area contributed by atoms with Gasteiger partial charge in [0.25, 0.3) is 0 Å². The smallest absolute Gasteiger partial charge is 1.00 e. The Morgan fingerprint density at radius 1 is 0.636 bits per heavy atom. The van der Waals surface area contributed by atoms with Crippen molar-refractivity contribution >= 4 is 36.4 Å². The zero-order chi connectivity index (χ0) is 21.0. The molecule has 33 heavy (non-hydrogen) atoms. The number of nitrogens with one attached hydrogen (secondary N) is 1. The van der Waals surface area contributed by atoms with E-state index in [-0.39, 0.29) is 50.7 Å². The van der Waals surface area contributed by atoms with Crippen molar-refractivity contribution in [3.05, 3.63) is 139 Å². The molecule has 0 amide bonds. The third-order valence-electron chi connectivity index (χ3n) is 4.40. The van der Waals surface area contributed by atoms with E-state index >= 15 is 0 Å². The summed E-state index contributed by atoms with van der Waals surface area (Å²) in [5.41, 5.74) is 8.87. The molecule has 2 radical (unpaired) electrons. The molecule has 164 valence electrons. The fraction of sp³-hybridized carbons (Fsp3) is 0.0357. The van der Waals surface area contributed by atoms with Crippen molar-refractivity contribution < 1.29 is 50.7 Å². The molecule has 5 rings (SSSR count). The van der Waals surface area contributed by atoms with E-state index in [2.05, 4.69) is 103 Å². The molecule has 0 saturated heterocycles. The monoisotopic (exact) mass is 653 g/mol. The van der Waals surface area contributed by atoms with Crippen LogP contribution in [-0.2, 0) is 25.8 Å². The van der Waals surface area contributed by atoms with Gasteiger partial charge in [0.05, 0.1) is 0 Å². The first kappa shape index (κ1) is 31.0. The van der Waals surface area contributed by atoms with Crippen LogP contribution in [0.5, 0.6) is 0 Å². The van der Waals surface area contributed by atoms with E-state index in [1.165, 1.54) is 21.1 Å². The normalized spacial score (nSPS) is 8.88. The Bertz CT molecular complexity index is 1060. The minimum atomic E-state index is 0. The van der Waals surface area contributed by atoms with Gasteiger partial charge in [-0.1, -0.05) is 107 Å². The maximum Gasteiger partial charge on any atom is 4.00 e. The summed E-state index contributed by atoms with van der Waals surface area (Å²) in [4.78, 5) is 0. The summed E-state index contributed by atoms with van der Waals surface area (Å²) in [7, 11) is 0.777. The number of aryl methyl sites for hydroxylation is 1. The molecule has 0 bridgehead atoms. The molecule has 5 aromatic rings. The van der Waals surface area contributed by atoms with E-state index in [1.807, 2.05) is 25.1 Å². The Balaban J connectivity index is 0.000000460. The Kier molecular flexibility index (Phi) is 16.4. The van der Waals surface area contributed by atoms with Gasteiger partial charge in [-0.25, -0.2) is 0 Å². The Morgan fingerprint density at radius 2 is 1.18 bits per heavy atom. The quantitative estimate of drug-likeness (QED) is 0.197. The van der Waals surface area contributed by atoms with Gasteiger partial charge >= 0.3 is 25.8 Å². The maximum atomic E-state index is 7.14. The average molecular weight is 653 g/mol. The first-order valence-electron chi connectivity index (χ1n) is 9.96. The van der Waals surface area contributed by atoms with Crippen LogP contribution in [0.2, 0.25) is 0 Å². The summed E-state index contributed by atoms with van der Waals surface area (Å²) in [6.07, 6.45) is 0. The summed E-state index contributed by atoms with van der Waals surface area (Å²) in [6, 6.07) is 43.3. The molecule has 5 heteroatoms. The number of halogens is 2. The first-order valence-corrected chi connectivity index (χ1v) is 11.0. The maximum absolute atomic E-state index is 7.14. The Labute approximate surface area is 231 Å². The zero-order valence-electron chi connectivity index (χ0n) is 18.4. The van der Waals surface area contributed by atoms with Gasteiger partial charge in [-0.2, -0.15) is 17.5 Å². The van der Waals surface area contributed by atoms with Gasteiger partial charge in [0.2, 0.25) is 0 Å². The second-order valence-electron chi connectivity index (χ2n) is 6.88. The average Bonchev–Trinajstić information content (AvgIpc) is 3.25. The van der Waals surface area contributed by atoms with Crippen LogP contribution < -0.4 is 35.2 Å². The van der Waals surface area contributed by atoms with Gasteiger partial charge < -0.3 is 30.5 Å². The third kappa shape index (κ3) is 11.6. The molecule has 0 unspecified atom stereocenters. The van der Waals surface area contributed by atoms with E-state index in [1.54, 1.807) is 6.07 Å².